The summed E-state index contributed by atoms with van der Waals surface area (Å²) in [6.07, 6.45) is 11.8. The quantitative estimate of drug-likeness (QED) is 0.562. The van der Waals surface area contributed by atoms with Gasteiger partial charge in [-0.15, -0.1) is 0 Å². The van der Waals surface area contributed by atoms with Crippen LogP contribution >= 0.6 is 11.8 Å². The second kappa shape index (κ2) is 8.39. The fraction of sp³-hybridized carbons (Fsp3) is 1.00. The maximum Gasteiger partial charge on any atom is 0.00470 e. The van der Waals surface area contributed by atoms with Crippen LogP contribution in [0.25, 0.3) is 0 Å². The fourth-order valence-electron chi connectivity index (χ4n) is 3.04. The predicted octanol–water partition coefficient (Wildman–Crippen LogP) is 2.97. The number of nitrogens with two attached hydrogens (primary N) is 1. The minimum Gasteiger partial charge on any atom is -0.330 e. The Bertz CT molecular complexity index is 189. The minimum atomic E-state index is 0.421. The van der Waals surface area contributed by atoms with Crippen LogP contribution in [-0.2, 0) is 0 Å². The third kappa shape index (κ3) is 5.62. The number of hydrogen-bond donors (Lipinski definition) is 1. The van der Waals surface area contributed by atoms with E-state index in [0.29, 0.717) is 5.41 Å². The van der Waals surface area contributed by atoms with E-state index in [2.05, 4.69) is 18.2 Å². The first-order chi connectivity index (χ1) is 8.22. The predicted molar refractivity (Wildman–Crippen MR) is 79.7 cm³/mol. The molecule has 1 aliphatic rings. The third-order valence-corrected chi connectivity index (χ3v) is 4.79. The summed E-state index contributed by atoms with van der Waals surface area (Å²) in [5.74, 6) is 1.28. The lowest BCUT2D eigenvalue weighted by atomic mass is 9.80. The van der Waals surface area contributed by atoms with Gasteiger partial charge in [0.05, 0.1) is 0 Å². The molecule has 0 heterocycles. The van der Waals surface area contributed by atoms with E-state index in [0.717, 1.165) is 6.54 Å². The molecule has 0 aromatic rings. The third-order valence-electron chi connectivity index (χ3n) is 4.09. The van der Waals surface area contributed by atoms with Crippen molar-refractivity contribution in [1.29, 1.82) is 0 Å². The van der Waals surface area contributed by atoms with Gasteiger partial charge in [0, 0.05) is 6.54 Å². The second-order valence-corrected chi connectivity index (χ2v) is 6.69. The Kier molecular flexibility index (Phi) is 7.56. The number of nitrogens with zero attached hydrogens (tertiary/aromatic N) is 1. The highest BCUT2D eigenvalue weighted by molar-refractivity contribution is 7.98. The van der Waals surface area contributed by atoms with Crippen LogP contribution in [0.4, 0.5) is 0 Å². The van der Waals surface area contributed by atoms with E-state index in [1.54, 1.807) is 0 Å². The molecule has 3 heteroatoms. The van der Waals surface area contributed by atoms with Crippen molar-refractivity contribution in [3.8, 4) is 0 Å². The smallest absolute Gasteiger partial charge is 0.00470 e. The molecule has 0 unspecified atom stereocenters. The molecule has 0 aliphatic heterocycles. The molecule has 0 aromatic carbocycles. The van der Waals surface area contributed by atoms with Gasteiger partial charge in [-0.1, -0.05) is 25.7 Å². The highest BCUT2D eigenvalue weighted by atomic mass is 32.2. The average Bonchev–Trinajstić information content (AvgIpc) is 2.56. The minimum absolute atomic E-state index is 0.421. The van der Waals surface area contributed by atoms with E-state index >= 15 is 0 Å². The van der Waals surface area contributed by atoms with E-state index in [-0.39, 0.29) is 0 Å². The Labute approximate surface area is 112 Å². The Morgan fingerprint density at radius 2 is 1.82 bits per heavy atom. The topological polar surface area (TPSA) is 29.3 Å². The van der Waals surface area contributed by atoms with E-state index in [9.17, 15) is 0 Å². The molecule has 102 valence electrons. The lowest BCUT2D eigenvalue weighted by Crippen LogP contribution is -2.41. The van der Waals surface area contributed by atoms with Gasteiger partial charge in [-0.25, -0.2) is 0 Å². The Morgan fingerprint density at radius 3 is 2.35 bits per heavy atom. The van der Waals surface area contributed by atoms with Gasteiger partial charge < -0.3 is 10.6 Å². The van der Waals surface area contributed by atoms with Gasteiger partial charge in [-0.05, 0) is 56.8 Å². The zero-order chi connectivity index (χ0) is 12.6. The molecule has 0 spiro atoms. The molecule has 0 aromatic heterocycles. The molecule has 1 rings (SSSR count). The summed E-state index contributed by atoms with van der Waals surface area (Å²) < 4.78 is 0. The molecule has 0 saturated heterocycles. The first kappa shape index (κ1) is 15.3. The van der Waals surface area contributed by atoms with Gasteiger partial charge in [-0.3, -0.25) is 0 Å². The molecule has 1 saturated carbocycles. The molecule has 2 N–H and O–H groups in total. The first-order valence-corrected chi connectivity index (χ1v) is 8.49. The first-order valence-electron chi connectivity index (χ1n) is 7.10. The van der Waals surface area contributed by atoms with Crippen LogP contribution in [0.5, 0.6) is 0 Å². The summed E-state index contributed by atoms with van der Waals surface area (Å²) in [4.78, 5) is 2.51. The molecule has 1 aliphatic carbocycles. The molecule has 0 bridgehead atoms. The molecular formula is C14H30N2S. The zero-order valence-electron chi connectivity index (χ0n) is 11.7. The van der Waals surface area contributed by atoms with Crippen molar-refractivity contribution in [3.63, 3.8) is 0 Å². The van der Waals surface area contributed by atoms with Crippen molar-refractivity contribution in [2.75, 3.05) is 38.7 Å². The fourth-order valence-corrected chi connectivity index (χ4v) is 3.45. The molecule has 17 heavy (non-hydrogen) atoms. The standard InChI is InChI=1S/C14H30N2S/c1-16(10-7-11-17-2)13-14(12-15)8-5-3-4-6-9-14/h3-13,15H2,1-2H3. The lowest BCUT2D eigenvalue weighted by molar-refractivity contribution is 0.158. The van der Waals surface area contributed by atoms with E-state index in [1.807, 2.05) is 11.8 Å². The van der Waals surface area contributed by atoms with Gasteiger partial charge in [0.2, 0.25) is 0 Å². The van der Waals surface area contributed by atoms with Gasteiger partial charge in [-0.2, -0.15) is 11.8 Å². The largest absolute Gasteiger partial charge is 0.330 e. The van der Waals surface area contributed by atoms with E-state index in [4.69, 9.17) is 5.73 Å². The van der Waals surface area contributed by atoms with Crippen molar-refractivity contribution in [2.45, 2.75) is 44.9 Å². The molecule has 0 amide bonds. The summed E-state index contributed by atoms with van der Waals surface area (Å²) in [6, 6.07) is 0. The molecule has 1 fully saturated rings. The Balaban J connectivity index is 2.37. The van der Waals surface area contributed by atoms with Gasteiger partial charge in [0.1, 0.15) is 0 Å². The molecular weight excluding hydrogens is 228 g/mol. The van der Waals surface area contributed by atoms with Crippen LogP contribution in [-0.4, -0.2) is 43.6 Å². The number of hydrogen-bond acceptors (Lipinski definition) is 3. The monoisotopic (exact) mass is 258 g/mol. The van der Waals surface area contributed by atoms with Gasteiger partial charge in [0.15, 0.2) is 0 Å². The van der Waals surface area contributed by atoms with Gasteiger partial charge in [0.25, 0.3) is 0 Å². The highest BCUT2D eigenvalue weighted by Crippen LogP contribution is 2.34. The number of thioether (sulfide) groups is 1. The second-order valence-electron chi connectivity index (χ2n) is 5.70. The van der Waals surface area contributed by atoms with Crippen LogP contribution in [0.15, 0.2) is 0 Å². The van der Waals surface area contributed by atoms with Crippen LogP contribution in [0.1, 0.15) is 44.9 Å². The summed E-state index contributed by atoms with van der Waals surface area (Å²) in [7, 11) is 2.27. The van der Waals surface area contributed by atoms with Crippen LogP contribution < -0.4 is 5.73 Å². The zero-order valence-corrected chi connectivity index (χ0v) is 12.5. The van der Waals surface area contributed by atoms with Crippen molar-refractivity contribution in [3.05, 3.63) is 0 Å². The SMILES string of the molecule is CSCCCN(C)CC1(CN)CCCCCC1. The Hall–Kier alpha value is 0.270. The van der Waals surface area contributed by atoms with Crippen LogP contribution in [0.2, 0.25) is 0 Å². The lowest BCUT2D eigenvalue weighted by Gasteiger charge is -2.35. The normalized spacial score (nSPS) is 20.5. The molecule has 0 atom stereocenters. The highest BCUT2D eigenvalue weighted by Gasteiger charge is 2.30. The number of rotatable bonds is 7. The summed E-state index contributed by atoms with van der Waals surface area (Å²) >= 11 is 1.95. The molecule has 2 nitrogen and oxygen atoms in total. The maximum atomic E-state index is 6.08. The van der Waals surface area contributed by atoms with Crippen LogP contribution in [0.3, 0.4) is 0 Å². The Morgan fingerprint density at radius 1 is 1.18 bits per heavy atom. The molecule has 0 radical (unpaired) electrons. The summed E-state index contributed by atoms with van der Waals surface area (Å²) in [5, 5.41) is 0. The van der Waals surface area contributed by atoms with Crippen molar-refractivity contribution in [1.82, 2.24) is 4.90 Å². The van der Waals surface area contributed by atoms with E-state index in [1.165, 1.54) is 63.8 Å². The summed E-state index contributed by atoms with van der Waals surface area (Å²) in [5.41, 5.74) is 6.50. The van der Waals surface area contributed by atoms with Gasteiger partial charge >= 0.3 is 0 Å². The summed E-state index contributed by atoms with van der Waals surface area (Å²) in [6.45, 7) is 3.31. The van der Waals surface area contributed by atoms with E-state index < -0.39 is 0 Å². The van der Waals surface area contributed by atoms with Crippen LogP contribution in [0, 0.1) is 5.41 Å². The van der Waals surface area contributed by atoms with Crippen molar-refractivity contribution < 1.29 is 0 Å². The average molecular weight is 258 g/mol. The van der Waals surface area contributed by atoms with Crippen molar-refractivity contribution >= 4 is 11.8 Å². The maximum absolute atomic E-state index is 6.08. The van der Waals surface area contributed by atoms with Crippen molar-refractivity contribution in [2.24, 2.45) is 11.1 Å².